The fourth-order valence-electron chi connectivity index (χ4n) is 1.67. The summed E-state index contributed by atoms with van der Waals surface area (Å²) in [5, 5.41) is 1.85. The van der Waals surface area contributed by atoms with Crippen LogP contribution in [0.15, 0.2) is 29.6 Å². The van der Waals surface area contributed by atoms with Gasteiger partial charge in [-0.2, -0.15) is 0 Å². The molecule has 0 aliphatic heterocycles. The van der Waals surface area contributed by atoms with Crippen molar-refractivity contribution in [1.29, 1.82) is 0 Å². The lowest BCUT2D eigenvalue weighted by molar-refractivity contribution is 0.101. The van der Waals surface area contributed by atoms with Crippen LogP contribution in [0, 0.1) is 6.92 Å². The van der Waals surface area contributed by atoms with Gasteiger partial charge in [-0.15, -0.1) is 0 Å². The number of halogens is 2. The number of ketones is 1. The Kier molecular flexibility index (Phi) is 5.02. The molecule has 2 rings (SSSR count). The average molecular weight is 327 g/mol. The Hall–Kier alpha value is -1.10. The van der Waals surface area contributed by atoms with E-state index in [4.69, 9.17) is 23.2 Å². The quantitative estimate of drug-likeness (QED) is 0.468. The Labute approximate surface area is 131 Å². The summed E-state index contributed by atoms with van der Waals surface area (Å²) < 4.78 is 0. The van der Waals surface area contributed by atoms with Crippen LogP contribution in [0.4, 0.5) is 0 Å². The highest BCUT2D eigenvalue weighted by Crippen LogP contribution is 2.30. The van der Waals surface area contributed by atoms with Crippen LogP contribution in [0.3, 0.4) is 0 Å². The Balaban J connectivity index is 2.16. The molecule has 0 saturated carbocycles. The minimum absolute atomic E-state index is 0.0341. The molecule has 0 amide bonds. The molecule has 0 bridgehead atoms. The summed E-state index contributed by atoms with van der Waals surface area (Å²) in [6, 6.07) is 5.41. The molecule has 3 nitrogen and oxygen atoms in total. The maximum absolute atomic E-state index is 11.3. The number of carbonyl (C=O) groups excluding carboxylic acids is 1. The van der Waals surface area contributed by atoms with Gasteiger partial charge in [0.05, 0.1) is 11.3 Å². The van der Waals surface area contributed by atoms with Crippen LogP contribution in [-0.2, 0) is 5.75 Å². The summed E-state index contributed by atoms with van der Waals surface area (Å²) >= 11 is 13.7. The summed E-state index contributed by atoms with van der Waals surface area (Å²) in [6.07, 6.45) is 1.56. The van der Waals surface area contributed by atoms with Gasteiger partial charge in [-0.3, -0.25) is 4.79 Å². The third-order valence-corrected chi connectivity index (χ3v) is 4.34. The van der Waals surface area contributed by atoms with Gasteiger partial charge in [0.2, 0.25) is 0 Å². The minimum Gasteiger partial charge on any atom is -0.294 e. The van der Waals surface area contributed by atoms with Gasteiger partial charge in [0.15, 0.2) is 10.9 Å². The maximum atomic E-state index is 11.3. The summed E-state index contributed by atoms with van der Waals surface area (Å²) in [5.41, 5.74) is 2.09. The van der Waals surface area contributed by atoms with E-state index < -0.39 is 0 Å². The molecule has 2 aromatic rings. The normalized spacial score (nSPS) is 10.6. The molecule has 0 atom stereocenters. The van der Waals surface area contributed by atoms with Crippen molar-refractivity contribution in [3.63, 3.8) is 0 Å². The van der Waals surface area contributed by atoms with E-state index in [1.54, 1.807) is 31.3 Å². The van der Waals surface area contributed by atoms with Crippen molar-refractivity contribution >= 4 is 40.7 Å². The SMILES string of the molecule is CC(=O)c1cnc(SCc2c(Cl)cccc2Cl)nc1C. The lowest BCUT2D eigenvalue weighted by Gasteiger charge is -2.07. The third kappa shape index (κ3) is 3.51. The second-order valence-corrected chi connectivity index (χ2v) is 5.95. The lowest BCUT2D eigenvalue weighted by Crippen LogP contribution is -2.01. The molecular formula is C14H12Cl2N2OS. The smallest absolute Gasteiger partial charge is 0.188 e. The topological polar surface area (TPSA) is 42.9 Å². The number of thioether (sulfide) groups is 1. The molecule has 0 spiro atoms. The molecular weight excluding hydrogens is 315 g/mol. The number of rotatable bonds is 4. The van der Waals surface area contributed by atoms with Crippen LogP contribution >= 0.6 is 35.0 Å². The van der Waals surface area contributed by atoms with Crippen molar-refractivity contribution in [3.05, 3.63) is 51.3 Å². The number of hydrogen-bond donors (Lipinski definition) is 0. The van der Waals surface area contributed by atoms with Gasteiger partial charge in [-0.25, -0.2) is 9.97 Å². The van der Waals surface area contributed by atoms with E-state index in [0.29, 0.717) is 32.2 Å². The summed E-state index contributed by atoms with van der Waals surface area (Å²) in [6.45, 7) is 3.30. The summed E-state index contributed by atoms with van der Waals surface area (Å²) in [5.74, 6) is 0.547. The van der Waals surface area contributed by atoms with Crippen molar-refractivity contribution in [3.8, 4) is 0 Å². The van der Waals surface area contributed by atoms with Crippen LogP contribution < -0.4 is 0 Å². The molecule has 104 valence electrons. The predicted molar refractivity (Wildman–Crippen MR) is 82.8 cm³/mol. The fourth-order valence-corrected chi connectivity index (χ4v) is 3.27. The van der Waals surface area contributed by atoms with Crippen LogP contribution in [-0.4, -0.2) is 15.8 Å². The first-order chi connectivity index (χ1) is 9.49. The van der Waals surface area contributed by atoms with Gasteiger partial charge in [-0.1, -0.05) is 41.0 Å². The monoisotopic (exact) mass is 326 g/mol. The minimum atomic E-state index is -0.0341. The molecule has 20 heavy (non-hydrogen) atoms. The van der Waals surface area contributed by atoms with Gasteiger partial charge < -0.3 is 0 Å². The van der Waals surface area contributed by atoms with E-state index >= 15 is 0 Å². The summed E-state index contributed by atoms with van der Waals surface area (Å²) in [4.78, 5) is 19.8. The van der Waals surface area contributed by atoms with E-state index in [9.17, 15) is 4.79 Å². The van der Waals surface area contributed by atoms with Crippen LogP contribution in [0.5, 0.6) is 0 Å². The Morgan fingerprint density at radius 2 is 1.95 bits per heavy atom. The molecule has 0 fully saturated rings. The Morgan fingerprint density at radius 3 is 2.50 bits per heavy atom. The van der Waals surface area contributed by atoms with Gasteiger partial charge in [0.1, 0.15) is 0 Å². The van der Waals surface area contributed by atoms with E-state index in [1.165, 1.54) is 18.7 Å². The van der Waals surface area contributed by atoms with Crippen molar-refractivity contribution in [2.45, 2.75) is 24.8 Å². The molecule has 1 aromatic carbocycles. The molecule has 0 aliphatic carbocycles. The second-order valence-electron chi connectivity index (χ2n) is 4.20. The fraction of sp³-hybridized carbons (Fsp3) is 0.214. The zero-order valence-corrected chi connectivity index (χ0v) is 13.3. The zero-order valence-electron chi connectivity index (χ0n) is 11.0. The van der Waals surface area contributed by atoms with E-state index in [0.717, 1.165) is 5.56 Å². The molecule has 6 heteroatoms. The highest BCUT2D eigenvalue weighted by Gasteiger charge is 2.10. The Bertz CT molecular complexity index is 641. The largest absolute Gasteiger partial charge is 0.294 e. The molecule has 1 aromatic heterocycles. The predicted octanol–water partition coefficient (Wildman–Crippen LogP) is 4.59. The van der Waals surface area contributed by atoms with Crippen molar-refractivity contribution in [2.75, 3.05) is 0 Å². The molecule has 1 heterocycles. The number of benzene rings is 1. The number of hydrogen-bond acceptors (Lipinski definition) is 4. The number of aromatic nitrogens is 2. The first-order valence-electron chi connectivity index (χ1n) is 5.89. The second kappa shape index (κ2) is 6.57. The van der Waals surface area contributed by atoms with Crippen LogP contribution in [0.2, 0.25) is 10.0 Å². The van der Waals surface area contributed by atoms with E-state index in [-0.39, 0.29) is 5.78 Å². The molecule has 0 aliphatic rings. The maximum Gasteiger partial charge on any atom is 0.188 e. The molecule has 0 radical (unpaired) electrons. The number of carbonyl (C=O) groups is 1. The lowest BCUT2D eigenvalue weighted by atomic mass is 10.2. The van der Waals surface area contributed by atoms with Crippen molar-refractivity contribution in [2.24, 2.45) is 0 Å². The third-order valence-electron chi connectivity index (χ3n) is 2.74. The summed E-state index contributed by atoms with van der Waals surface area (Å²) in [7, 11) is 0. The van der Waals surface area contributed by atoms with Crippen LogP contribution in [0.1, 0.15) is 28.5 Å². The van der Waals surface area contributed by atoms with E-state index in [2.05, 4.69) is 9.97 Å². The first-order valence-corrected chi connectivity index (χ1v) is 7.63. The highest BCUT2D eigenvalue weighted by molar-refractivity contribution is 7.98. The number of Topliss-reactive ketones (excluding diaryl/α,β-unsaturated/α-hetero) is 1. The molecule has 0 N–H and O–H groups in total. The standard InChI is InChI=1S/C14H12Cl2N2OS/c1-8-10(9(2)19)6-17-14(18-8)20-7-11-12(15)4-3-5-13(11)16/h3-6H,7H2,1-2H3. The Morgan fingerprint density at radius 1 is 1.30 bits per heavy atom. The van der Waals surface area contributed by atoms with Crippen LogP contribution in [0.25, 0.3) is 0 Å². The molecule has 0 saturated heterocycles. The molecule has 0 unspecified atom stereocenters. The van der Waals surface area contributed by atoms with Crippen molar-refractivity contribution in [1.82, 2.24) is 9.97 Å². The van der Waals surface area contributed by atoms with Crippen molar-refractivity contribution < 1.29 is 4.79 Å². The number of nitrogens with zero attached hydrogens (tertiary/aromatic N) is 2. The van der Waals surface area contributed by atoms with Gasteiger partial charge in [-0.05, 0) is 31.5 Å². The first kappa shape index (κ1) is 15.3. The van der Waals surface area contributed by atoms with Gasteiger partial charge in [0, 0.05) is 22.0 Å². The van der Waals surface area contributed by atoms with Gasteiger partial charge >= 0.3 is 0 Å². The number of aryl methyl sites for hydroxylation is 1. The zero-order chi connectivity index (χ0) is 14.7. The van der Waals surface area contributed by atoms with Gasteiger partial charge in [0.25, 0.3) is 0 Å². The van der Waals surface area contributed by atoms with E-state index in [1.807, 2.05) is 0 Å². The average Bonchev–Trinajstić information content (AvgIpc) is 2.37. The highest BCUT2D eigenvalue weighted by atomic mass is 35.5.